The number of thioether (sulfide) groups is 1. The zero-order chi connectivity index (χ0) is 21.8. The maximum Gasteiger partial charge on any atom is 0.251 e. The third kappa shape index (κ3) is 4.60. The summed E-state index contributed by atoms with van der Waals surface area (Å²) >= 11 is 7.55. The zero-order valence-corrected chi connectivity index (χ0v) is 18.9. The number of carbonyl (C=O) groups is 2. The third-order valence-corrected chi connectivity index (χ3v) is 7.55. The molecule has 2 aromatic rings. The summed E-state index contributed by atoms with van der Waals surface area (Å²) in [6, 6.07) is 13.6. The number of benzene rings is 2. The Kier molecular flexibility index (Phi) is 6.87. The van der Waals surface area contributed by atoms with E-state index in [2.05, 4.69) is 5.32 Å². The van der Waals surface area contributed by atoms with E-state index in [-0.39, 0.29) is 36.0 Å². The number of carbonyl (C=O) groups excluding carboxylic acids is 2. The molecule has 1 saturated heterocycles. The van der Waals surface area contributed by atoms with Crippen LogP contribution in [-0.2, 0) is 21.7 Å². The highest BCUT2D eigenvalue weighted by Gasteiger charge is 2.51. The predicted molar refractivity (Wildman–Crippen MR) is 122 cm³/mol. The van der Waals surface area contributed by atoms with Crippen LogP contribution in [0.4, 0.5) is 4.39 Å². The fourth-order valence-corrected chi connectivity index (χ4v) is 5.82. The van der Waals surface area contributed by atoms with Gasteiger partial charge >= 0.3 is 0 Å². The van der Waals surface area contributed by atoms with Crippen LogP contribution in [0, 0.1) is 5.82 Å². The van der Waals surface area contributed by atoms with Crippen molar-refractivity contribution in [2.24, 2.45) is 0 Å². The molecular formula is C24H26ClFN2O2S. The molecule has 0 aromatic heterocycles. The van der Waals surface area contributed by atoms with E-state index in [4.69, 9.17) is 11.6 Å². The Morgan fingerprint density at radius 2 is 1.84 bits per heavy atom. The van der Waals surface area contributed by atoms with Crippen molar-refractivity contribution in [3.05, 3.63) is 70.5 Å². The number of hydrogen-bond donors (Lipinski definition) is 1. The lowest BCUT2D eigenvalue weighted by atomic mass is 9.86. The first kappa shape index (κ1) is 22.2. The minimum Gasteiger partial charge on any atom is -0.351 e. The number of amides is 2. The smallest absolute Gasteiger partial charge is 0.251 e. The average molecular weight is 461 g/mol. The highest BCUT2D eigenvalue weighted by Crippen LogP contribution is 2.39. The van der Waals surface area contributed by atoms with Gasteiger partial charge in [0, 0.05) is 22.4 Å². The van der Waals surface area contributed by atoms with Crippen LogP contribution >= 0.6 is 23.4 Å². The Bertz CT molecular complexity index is 949. The minimum absolute atomic E-state index is 0.0345. The van der Waals surface area contributed by atoms with Crippen molar-refractivity contribution in [3.63, 3.8) is 0 Å². The predicted octanol–water partition coefficient (Wildman–Crippen LogP) is 4.90. The maximum atomic E-state index is 14.5. The number of rotatable bonds is 5. The summed E-state index contributed by atoms with van der Waals surface area (Å²) in [4.78, 5) is 28.6. The van der Waals surface area contributed by atoms with Gasteiger partial charge in [0.25, 0.3) is 5.91 Å². The van der Waals surface area contributed by atoms with Crippen molar-refractivity contribution in [1.29, 1.82) is 0 Å². The molecule has 1 aliphatic heterocycles. The van der Waals surface area contributed by atoms with Crippen LogP contribution in [0.25, 0.3) is 0 Å². The Morgan fingerprint density at radius 1 is 1.13 bits per heavy atom. The molecule has 0 spiro atoms. The van der Waals surface area contributed by atoms with Gasteiger partial charge in [0.05, 0.1) is 12.3 Å². The standard InChI is InChI=1S/C24H26ClFN2O2S/c25-19-12-10-18(11-13-19)24(23(30)27-20-7-2-1-3-8-20)16-31-15-22(29)28(24)14-17-6-4-5-9-21(17)26/h4-6,9-13,20H,1-3,7-8,14-16H2,(H,27,30). The molecule has 1 saturated carbocycles. The molecule has 7 heteroatoms. The van der Waals surface area contributed by atoms with Gasteiger partial charge in [-0.3, -0.25) is 9.59 Å². The monoisotopic (exact) mass is 460 g/mol. The van der Waals surface area contributed by atoms with Gasteiger partial charge in [-0.15, -0.1) is 11.8 Å². The number of hydrogen-bond acceptors (Lipinski definition) is 3. The van der Waals surface area contributed by atoms with Crippen LogP contribution in [0.5, 0.6) is 0 Å². The fourth-order valence-electron chi connectivity index (χ4n) is 4.51. The second-order valence-electron chi connectivity index (χ2n) is 8.24. The highest BCUT2D eigenvalue weighted by atomic mass is 35.5. The van der Waals surface area contributed by atoms with Crippen LogP contribution in [0.1, 0.15) is 43.2 Å². The van der Waals surface area contributed by atoms with Crippen LogP contribution in [0.3, 0.4) is 0 Å². The lowest BCUT2D eigenvalue weighted by molar-refractivity contribution is -0.148. The molecule has 2 aromatic carbocycles. The van der Waals surface area contributed by atoms with Crippen LogP contribution < -0.4 is 5.32 Å². The van der Waals surface area contributed by atoms with Crippen molar-refractivity contribution >= 4 is 35.2 Å². The first-order valence-corrected chi connectivity index (χ1v) is 12.2. The summed E-state index contributed by atoms with van der Waals surface area (Å²) < 4.78 is 14.5. The summed E-state index contributed by atoms with van der Waals surface area (Å²) in [5, 5.41) is 3.78. The van der Waals surface area contributed by atoms with Gasteiger partial charge < -0.3 is 10.2 Å². The molecule has 4 rings (SSSR count). The molecule has 1 heterocycles. The molecule has 1 unspecified atom stereocenters. The topological polar surface area (TPSA) is 49.4 Å². The van der Waals surface area contributed by atoms with E-state index in [9.17, 15) is 14.0 Å². The lowest BCUT2D eigenvalue weighted by Gasteiger charge is -2.46. The van der Waals surface area contributed by atoms with Crippen molar-refractivity contribution in [1.82, 2.24) is 10.2 Å². The molecule has 2 aliphatic rings. The Morgan fingerprint density at radius 3 is 2.55 bits per heavy atom. The second-order valence-corrected chi connectivity index (χ2v) is 9.66. The van der Waals surface area contributed by atoms with Gasteiger partial charge in [-0.25, -0.2) is 4.39 Å². The van der Waals surface area contributed by atoms with Crippen molar-refractivity contribution in [2.45, 2.75) is 50.2 Å². The van der Waals surface area contributed by atoms with Gasteiger partial charge in [-0.1, -0.05) is 61.2 Å². The number of nitrogens with zero attached hydrogens (tertiary/aromatic N) is 1. The van der Waals surface area contributed by atoms with E-state index >= 15 is 0 Å². The largest absolute Gasteiger partial charge is 0.351 e. The van der Waals surface area contributed by atoms with Crippen LogP contribution in [0.2, 0.25) is 5.02 Å². The molecule has 1 N–H and O–H groups in total. The highest BCUT2D eigenvalue weighted by molar-refractivity contribution is 8.00. The molecule has 164 valence electrons. The minimum atomic E-state index is -1.22. The molecule has 1 atom stereocenters. The van der Waals surface area contributed by atoms with Crippen molar-refractivity contribution in [3.8, 4) is 0 Å². The van der Waals surface area contributed by atoms with Crippen molar-refractivity contribution < 1.29 is 14.0 Å². The quantitative estimate of drug-likeness (QED) is 0.690. The summed E-state index contributed by atoms with van der Waals surface area (Å²) in [6.07, 6.45) is 5.24. The van der Waals surface area contributed by atoms with Gasteiger partial charge in [0.15, 0.2) is 5.54 Å². The summed E-state index contributed by atoms with van der Waals surface area (Å²) in [5.41, 5.74) is -0.127. The Hall–Kier alpha value is -2.05. The second kappa shape index (κ2) is 9.61. The molecule has 2 amide bonds. The summed E-state index contributed by atoms with van der Waals surface area (Å²) in [7, 11) is 0. The molecule has 31 heavy (non-hydrogen) atoms. The SMILES string of the molecule is O=C1CSCC(C(=O)NC2CCCCC2)(c2ccc(Cl)cc2)N1Cc1ccccc1F. The van der Waals surface area contributed by atoms with E-state index in [1.165, 1.54) is 24.2 Å². The summed E-state index contributed by atoms with van der Waals surface area (Å²) in [6.45, 7) is 0.0345. The Labute approximate surface area is 191 Å². The lowest BCUT2D eigenvalue weighted by Crippen LogP contribution is -2.63. The van der Waals surface area contributed by atoms with E-state index < -0.39 is 5.54 Å². The normalized spacial score (nSPS) is 22.4. The third-order valence-electron chi connectivity index (χ3n) is 6.22. The molecule has 4 nitrogen and oxygen atoms in total. The van der Waals surface area contributed by atoms with Gasteiger partial charge in [-0.2, -0.15) is 0 Å². The van der Waals surface area contributed by atoms with Gasteiger partial charge in [-0.05, 0) is 36.6 Å². The maximum absolute atomic E-state index is 14.5. The average Bonchev–Trinajstić information content (AvgIpc) is 2.78. The molecule has 0 bridgehead atoms. The van der Waals surface area contributed by atoms with Gasteiger partial charge in [0.2, 0.25) is 5.91 Å². The summed E-state index contributed by atoms with van der Waals surface area (Å²) in [5.74, 6) is -0.0773. The molecule has 1 aliphatic carbocycles. The van der Waals surface area contributed by atoms with E-state index in [0.717, 1.165) is 25.7 Å². The molecular weight excluding hydrogens is 435 g/mol. The van der Waals surface area contributed by atoms with Crippen LogP contribution in [0.15, 0.2) is 48.5 Å². The Balaban J connectivity index is 1.76. The molecule has 2 fully saturated rings. The first-order valence-electron chi connectivity index (χ1n) is 10.7. The van der Waals surface area contributed by atoms with Crippen LogP contribution in [-0.4, -0.2) is 34.3 Å². The fraction of sp³-hybridized carbons (Fsp3) is 0.417. The number of halogens is 2. The van der Waals surface area contributed by atoms with E-state index in [1.807, 2.05) is 0 Å². The zero-order valence-electron chi connectivity index (χ0n) is 17.3. The van der Waals surface area contributed by atoms with Crippen molar-refractivity contribution in [2.75, 3.05) is 11.5 Å². The van der Waals surface area contributed by atoms with E-state index in [0.29, 0.717) is 21.9 Å². The van der Waals surface area contributed by atoms with E-state index in [1.54, 1.807) is 47.4 Å². The molecule has 0 radical (unpaired) electrons. The van der Waals surface area contributed by atoms with Gasteiger partial charge in [0.1, 0.15) is 5.82 Å². The number of nitrogens with one attached hydrogen (secondary N) is 1. The first-order chi connectivity index (χ1) is 15.0.